The van der Waals surface area contributed by atoms with Crippen molar-refractivity contribution >= 4 is 12.0 Å². The van der Waals surface area contributed by atoms with Crippen LogP contribution in [0, 0.1) is 5.82 Å². The Bertz CT molecular complexity index is 1260. The smallest absolute Gasteiger partial charge is 0.303 e. The molecule has 1 fully saturated rings. The van der Waals surface area contributed by atoms with Gasteiger partial charge in [-0.3, -0.25) is 9.69 Å². The van der Waals surface area contributed by atoms with Crippen molar-refractivity contribution in [1.82, 2.24) is 4.90 Å². The van der Waals surface area contributed by atoms with Crippen molar-refractivity contribution in [1.29, 1.82) is 0 Å². The molecule has 0 aromatic heterocycles. The van der Waals surface area contributed by atoms with Crippen molar-refractivity contribution in [3.63, 3.8) is 0 Å². The van der Waals surface area contributed by atoms with Crippen molar-refractivity contribution in [2.45, 2.75) is 50.7 Å². The molecule has 0 amide bonds. The van der Waals surface area contributed by atoms with E-state index < -0.39 is 5.97 Å². The first-order valence-electron chi connectivity index (χ1n) is 12.6. The number of carboxylic acids is 1. The fourth-order valence-corrected chi connectivity index (χ4v) is 5.47. The van der Waals surface area contributed by atoms with Gasteiger partial charge < -0.3 is 9.84 Å². The molecule has 1 unspecified atom stereocenters. The van der Waals surface area contributed by atoms with E-state index in [1.54, 1.807) is 6.07 Å². The second-order valence-electron chi connectivity index (χ2n) is 10.1. The van der Waals surface area contributed by atoms with Gasteiger partial charge in [-0.2, -0.15) is 0 Å². The van der Waals surface area contributed by atoms with Crippen molar-refractivity contribution in [2.75, 3.05) is 13.1 Å². The first kappa shape index (κ1) is 24.3. The molecule has 4 nitrogen and oxygen atoms in total. The highest BCUT2D eigenvalue weighted by atomic mass is 19.1. The predicted octanol–water partition coefficient (Wildman–Crippen LogP) is 6.54. The fourth-order valence-electron chi connectivity index (χ4n) is 5.47. The molecule has 0 radical (unpaired) electrons. The highest BCUT2D eigenvalue weighted by Gasteiger charge is 2.37. The van der Waals surface area contributed by atoms with Gasteiger partial charge in [0, 0.05) is 17.5 Å². The third-order valence-corrected chi connectivity index (χ3v) is 7.67. The highest BCUT2D eigenvalue weighted by molar-refractivity contribution is 5.68. The van der Waals surface area contributed by atoms with E-state index in [1.165, 1.54) is 11.1 Å². The minimum absolute atomic E-state index is 0.0610. The zero-order chi connectivity index (χ0) is 25.1. The number of ether oxygens (including phenoxy) is 1. The maximum absolute atomic E-state index is 14.9. The summed E-state index contributed by atoms with van der Waals surface area (Å²) in [6, 6.07) is 21.5. The van der Waals surface area contributed by atoms with Crippen LogP contribution in [-0.2, 0) is 23.4 Å². The summed E-state index contributed by atoms with van der Waals surface area (Å²) >= 11 is 0. The van der Waals surface area contributed by atoms with E-state index in [2.05, 4.69) is 41.3 Å². The van der Waals surface area contributed by atoms with Crippen molar-refractivity contribution < 1.29 is 19.0 Å². The number of carboxylic acid groups (broad SMARTS) is 1. The topological polar surface area (TPSA) is 49.8 Å². The van der Waals surface area contributed by atoms with Crippen LogP contribution in [0.2, 0.25) is 0 Å². The Morgan fingerprint density at radius 3 is 2.56 bits per heavy atom. The number of aliphatic carboxylic acids is 1. The molecule has 1 spiro atoms. The fraction of sp³-hybridized carbons (Fsp3) is 0.323. The number of benzene rings is 3. The van der Waals surface area contributed by atoms with Crippen molar-refractivity contribution in [2.24, 2.45) is 0 Å². The predicted molar refractivity (Wildman–Crippen MR) is 140 cm³/mol. The number of carbonyl (C=O) groups is 1. The molecular formula is C31H32FNO3. The van der Waals surface area contributed by atoms with Crippen LogP contribution in [0.3, 0.4) is 0 Å². The molecule has 1 N–H and O–H groups in total. The Morgan fingerprint density at radius 1 is 1.08 bits per heavy atom. The molecule has 0 bridgehead atoms. The Kier molecular flexibility index (Phi) is 6.92. The van der Waals surface area contributed by atoms with Crippen LogP contribution in [0.15, 0.2) is 72.8 Å². The average Bonchev–Trinajstić information content (AvgIpc) is 3.23. The molecule has 3 aromatic rings. The molecule has 2 aliphatic rings. The van der Waals surface area contributed by atoms with Crippen LogP contribution in [0.25, 0.3) is 6.08 Å². The lowest BCUT2D eigenvalue weighted by Gasteiger charge is -2.39. The SMILES string of the molecule is CC(CC(=O)O)c1ccc(OCc2ccc(CN3CCC4(C=Cc5ccccc54)CC3)c(F)c2)cc1. The average molecular weight is 486 g/mol. The van der Waals surface area contributed by atoms with E-state index in [1.807, 2.05) is 43.3 Å². The summed E-state index contributed by atoms with van der Waals surface area (Å²) in [6.45, 7) is 4.68. The Hall–Kier alpha value is -3.44. The molecule has 5 heteroatoms. The minimum Gasteiger partial charge on any atom is -0.489 e. The van der Waals surface area contributed by atoms with Gasteiger partial charge in [-0.1, -0.05) is 67.6 Å². The molecule has 1 heterocycles. The molecular weight excluding hydrogens is 453 g/mol. The second kappa shape index (κ2) is 10.3. The van der Waals surface area contributed by atoms with Gasteiger partial charge in [0.15, 0.2) is 0 Å². The number of rotatable bonds is 8. The molecule has 5 rings (SSSR count). The second-order valence-corrected chi connectivity index (χ2v) is 10.1. The summed E-state index contributed by atoms with van der Waals surface area (Å²) in [5.41, 5.74) is 5.36. The molecule has 3 aromatic carbocycles. The van der Waals surface area contributed by atoms with Crippen molar-refractivity contribution in [3.05, 3.63) is 106 Å². The van der Waals surface area contributed by atoms with Gasteiger partial charge in [0.1, 0.15) is 18.2 Å². The lowest BCUT2D eigenvalue weighted by molar-refractivity contribution is -0.137. The molecule has 1 aliphatic heterocycles. The summed E-state index contributed by atoms with van der Waals surface area (Å²) in [5.74, 6) is -0.390. The van der Waals surface area contributed by atoms with E-state index in [0.717, 1.165) is 37.1 Å². The van der Waals surface area contributed by atoms with Crippen LogP contribution >= 0.6 is 0 Å². The number of nitrogens with zero attached hydrogens (tertiary/aromatic N) is 1. The van der Waals surface area contributed by atoms with E-state index >= 15 is 0 Å². The third kappa shape index (κ3) is 5.21. The summed E-state index contributed by atoms with van der Waals surface area (Å²) in [5, 5.41) is 8.96. The van der Waals surface area contributed by atoms with Crippen LogP contribution in [0.5, 0.6) is 5.75 Å². The Labute approximate surface area is 212 Å². The highest BCUT2D eigenvalue weighted by Crippen LogP contribution is 2.43. The first-order valence-corrected chi connectivity index (χ1v) is 12.6. The standard InChI is InChI=1S/C31H32FNO3/c1-22(18-30(34)35)24-8-10-27(11-9-24)36-21-23-6-7-26(29(32)19-23)20-33-16-14-31(15-17-33)13-12-25-4-2-3-5-28(25)31/h2-13,19,22H,14-18,20-21H2,1H3,(H,34,35). The maximum atomic E-state index is 14.9. The third-order valence-electron chi connectivity index (χ3n) is 7.67. The van der Waals surface area contributed by atoms with Gasteiger partial charge >= 0.3 is 5.97 Å². The lowest BCUT2D eigenvalue weighted by Crippen LogP contribution is -2.40. The number of allylic oxidation sites excluding steroid dienone is 1. The number of piperidine rings is 1. The quantitative estimate of drug-likeness (QED) is 0.393. The summed E-state index contributed by atoms with van der Waals surface area (Å²) < 4.78 is 20.8. The molecule has 1 atom stereocenters. The monoisotopic (exact) mass is 485 g/mol. The Morgan fingerprint density at radius 2 is 1.83 bits per heavy atom. The largest absolute Gasteiger partial charge is 0.489 e. The number of likely N-dealkylation sites (tertiary alicyclic amines) is 1. The van der Waals surface area contributed by atoms with Crippen LogP contribution in [-0.4, -0.2) is 29.1 Å². The van der Waals surface area contributed by atoms with E-state index in [0.29, 0.717) is 17.9 Å². The van der Waals surface area contributed by atoms with E-state index in [-0.39, 0.29) is 30.2 Å². The van der Waals surface area contributed by atoms with Crippen LogP contribution in [0.1, 0.15) is 59.9 Å². The normalized spacial score (nSPS) is 17.2. The van der Waals surface area contributed by atoms with Gasteiger partial charge in [-0.25, -0.2) is 4.39 Å². The summed E-state index contributed by atoms with van der Waals surface area (Å²) in [7, 11) is 0. The molecule has 36 heavy (non-hydrogen) atoms. The Balaban J connectivity index is 1.14. The number of hydrogen-bond acceptors (Lipinski definition) is 3. The minimum atomic E-state index is -0.811. The summed E-state index contributed by atoms with van der Waals surface area (Å²) in [4.78, 5) is 13.3. The number of hydrogen-bond donors (Lipinski definition) is 1. The van der Waals surface area contributed by atoms with Crippen LogP contribution < -0.4 is 4.74 Å². The van der Waals surface area contributed by atoms with Gasteiger partial charge in [0.25, 0.3) is 0 Å². The molecule has 0 saturated carbocycles. The molecule has 1 saturated heterocycles. The zero-order valence-corrected chi connectivity index (χ0v) is 20.6. The lowest BCUT2D eigenvalue weighted by atomic mass is 9.74. The molecule has 186 valence electrons. The first-order chi connectivity index (χ1) is 17.4. The summed E-state index contributed by atoms with van der Waals surface area (Å²) in [6.07, 6.45) is 6.83. The van der Waals surface area contributed by atoms with E-state index in [4.69, 9.17) is 9.84 Å². The molecule has 1 aliphatic carbocycles. The van der Waals surface area contributed by atoms with Gasteiger partial charge in [0.05, 0.1) is 6.42 Å². The van der Waals surface area contributed by atoms with Crippen molar-refractivity contribution in [3.8, 4) is 5.75 Å². The number of fused-ring (bicyclic) bond motifs is 2. The van der Waals surface area contributed by atoms with Gasteiger partial charge in [-0.15, -0.1) is 0 Å². The van der Waals surface area contributed by atoms with Gasteiger partial charge in [-0.05, 0) is 72.3 Å². The van der Waals surface area contributed by atoms with Crippen LogP contribution in [0.4, 0.5) is 4.39 Å². The number of halogens is 1. The van der Waals surface area contributed by atoms with Gasteiger partial charge in [0.2, 0.25) is 0 Å². The zero-order valence-electron chi connectivity index (χ0n) is 20.6. The maximum Gasteiger partial charge on any atom is 0.303 e. The van der Waals surface area contributed by atoms with E-state index in [9.17, 15) is 9.18 Å².